The van der Waals surface area contributed by atoms with E-state index in [1.807, 2.05) is 36.4 Å². The molecular weight excluding hydrogens is 418 g/mol. The standard InChI is InChI=1S/C26H31N3O4/c1-17(30)29-23-10-12-26(13-11-24(23)31,18-6-4-3-5-7-18)16-28-25(32)21-15-27-22-9-8-19(33-2)14-20(21)22/h3-9,14-15,23-24,27,31H,10-13,16H2,1-2H3,(H,28,32)(H,29,30)/t23-,24-,26-/m0/s1. The molecule has 0 saturated heterocycles. The van der Waals surface area contributed by atoms with Crippen LogP contribution in [0.5, 0.6) is 5.75 Å². The van der Waals surface area contributed by atoms with Gasteiger partial charge in [0.1, 0.15) is 5.75 Å². The lowest BCUT2D eigenvalue weighted by Gasteiger charge is -2.34. The largest absolute Gasteiger partial charge is 0.497 e. The first-order valence-corrected chi connectivity index (χ1v) is 11.4. The van der Waals surface area contributed by atoms with Gasteiger partial charge in [-0.15, -0.1) is 0 Å². The molecule has 1 saturated carbocycles. The summed E-state index contributed by atoms with van der Waals surface area (Å²) in [6, 6.07) is 15.4. The SMILES string of the molecule is COc1ccc2[nH]cc(C(=O)NC[C@]3(c4ccccc4)CC[C@H](NC(C)=O)[C@@H](O)CC3)c2c1. The van der Waals surface area contributed by atoms with Gasteiger partial charge in [0.25, 0.3) is 5.91 Å². The topological polar surface area (TPSA) is 103 Å². The summed E-state index contributed by atoms with van der Waals surface area (Å²) in [4.78, 5) is 28.0. The van der Waals surface area contributed by atoms with Crippen LogP contribution < -0.4 is 15.4 Å². The molecule has 3 atom stereocenters. The van der Waals surface area contributed by atoms with Crippen LogP contribution in [-0.2, 0) is 10.2 Å². The highest BCUT2D eigenvalue weighted by molar-refractivity contribution is 6.07. The van der Waals surface area contributed by atoms with Crippen molar-refractivity contribution in [1.82, 2.24) is 15.6 Å². The Morgan fingerprint density at radius 2 is 1.91 bits per heavy atom. The van der Waals surface area contributed by atoms with Crippen LogP contribution in [0.3, 0.4) is 0 Å². The Bertz CT molecular complexity index is 1130. The number of ether oxygens (including phenoxy) is 1. The van der Waals surface area contributed by atoms with Gasteiger partial charge in [-0.2, -0.15) is 0 Å². The molecule has 33 heavy (non-hydrogen) atoms. The number of aromatic amines is 1. The van der Waals surface area contributed by atoms with Crippen molar-refractivity contribution in [2.45, 2.75) is 50.2 Å². The number of fused-ring (bicyclic) bond motifs is 1. The third-order valence-electron chi connectivity index (χ3n) is 6.81. The molecule has 0 spiro atoms. The lowest BCUT2D eigenvalue weighted by molar-refractivity contribution is -0.120. The second-order valence-corrected chi connectivity index (χ2v) is 8.89. The fourth-order valence-electron chi connectivity index (χ4n) is 4.92. The van der Waals surface area contributed by atoms with Crippen LogP contribution in [0.4, 0.5) is 0 Å². The average molecular weight is 450 g/mol. The van der Waals surface area contributed by atoms with Gasteiger partial charge in [-0.05, 0) is 49.4 Å². The zero-order chi connectivity index (χ0) is 23.4. The lowest BCUT2D eigenvalue weighted by atomic mass is 9.74. The van der Waals surface area contributed by atoms with E-state index in [9.17, 15) is 14.7 Å². The van der Waals surface area contributed by atoms with Crippen molar-refractivity contribution in [1.29, 1.82) is 0 Å². The highest BCUT2D eigenvalue weighted by Gasteiger charge is 2.38. The van der Waals surface area contributed by atoms with E-state index in [1.54, 1.807) is 13.3 Å². The molecule has 0 unspecified atom stereocenters. The van der Waals surface area contributed by atoms with Gasteiger partial charge < -0.3 is 25.5 Å². The number of carbonyl (C=O) groups is 2. The molecule has 0 aliphatic heterocycles. The quantitative estimate of drug-likeness (QED) is 0.434. The smallest absolute Gasteiger partial charge is 0.253 e. The van der Waals surface area contributed by atoms with Crippen molar-refractivity contribution in [3.63, 3.8) is 0 Å². The number of aliphatic hydroxyl groups excluding tert-OH is 1. The van der Waals surface area contributed by atoms with E-state index in [0.717, 1.165) is 22.9 Å². The minimum absolute atomic E-state index is 0.144. The normalized spacial score (nSPS) is 23.0. The van der Waals surface area contributed by atoms with E-state index in [4.69, 9.17) is 4.74 Å². The molecule has 2 aromatic carbocycles. The predicted molar refractivity (Wildman–Crippen MR) is 127 cm³/mol. The van der Waals surface area contributed by atoms with Crippen LogP contribution in [0.25, 0.3) is 10.9 Å². The summed E-state index contributed by atoms with van der Waals surface area (Å²) < 4.78 is 5.32. The van der Waals surface area contributed by atoms with Gasteiger partial charge in [0.2, 0.25) is 5.91 Å². The average Bonchev–Trinajstić information content (AvgIpc) is 3.19. The molecule has 2 amide bonds. The van der Waals surface area contributed by atoms with Crippen LogP contribution in [-0.4, -0.2) is 47.7 Å². The van der Waals surface area contributed by atoms with E-state index >= 15 is 0 Å². The summed E-state index contributed by atoms with van der Waals surface area (Å²) in [5, 5.41) is 17.5. The Kier molecular flexibility index (Phi) is 6.70. The van der Waals surface area contributed by atoms with Gasteiger partial charge in [0.15, 0.2) is 0 Å². The number of rotatable bonds is 6. The van der Waals surface area contributed by atoms with Crippen LogP contribution in [0.2, 0.25) is 0 Å². The molecule has 7 heteroatoms. The van der Waals surface area contributed by atoms with E-state index in [-0.39, 0.29) is 23.3 Å². The zero-order valence-corrected chi connectivity index (χ0v) is 19.1. The Labute approximate surface area is 193 Å². The highest BCUT2D eigenvalue weighted by Crippen LogP contribution is 2.38. The van der Waals surface area contributed by atoms with Gasteiger partial charge in [-0.1, -0.05) is 30.3 Å². The number of H-pyrrole nitrogens is 1. The summed E-state index contributed by atoms with van der Waals surface area (Å²) in [7, 11) is 1.60. The first kappa shape index (κ1) is 22.9. The highest BCUT2D eigenvalue weighted by atomic mass is 16.5. The maximum atomic E-state index is 13.2. The second kappa shape index (κ2) is 9.67. The summed E-state index contributed by atoms with van der Waals surface area (Å²) in [5.74, 6) is 0.390. The van der Waals surface area contributed by atoms with E-state index < -0.39 is 6.10 Å². The van der Waals surface area contributed by atoms with E-state index in [1.165, 1.54) is 6.92 Å². The number of hydrogen-bond donors (Lipinski definition) is 4. The maximum Gasteiger partial charge on any atom is 0.253 e. The molecular formula is C26H31N3O4. The molecule has 1 aromatic heterocycles. The van der Waals surface area contributed by atoms with Gasteiger partial charge in [0.05, 0.1) is 24.8 Å². The van der Waals surface area contributed by atoms with Crippen molar-refractivity contribution >= 4 is 22.7 Å². The maximum absolute atomic E-state index is 13.2. The summed E-state index contributed by atoms with van der Waals surface area (Å²) in [5.41, 5.74) is 2.22. The first-order valence-electron chi connectivity index (χ1n) is 11.4. The van der Waals surface area contributed by atoms with Crippen LogP contribution >= 0.6 is 0 Å². The fourth-order valence-corrected chi connectivity index (χ4v) is 4.92. The number of aromatic nitrogens is 1. The number of benzene rings is 2. The molecule has 1 heterocycles. The fraction of sp³-hybridized carbons (Fsp3) is 0.385. The third-order valence-corrected chi connectivity index (χ3v) is 6.81. The minimum Gasteiger partial charge on any atom is -0.497 e. The van der Waals surface area contributed by atoms with Crippen molar-refractivity contribution in [3.8, 4) is 5.75 Å². The Balaban J connectivity index is 1.58. The van der Waals surface area contributed by atoms with E-state index in [0.29, 0.717) is 37.1 Å². The predicted octanol–water partition coefficient (Wildman–Crippen LogP) is 3.28. The summed E-state index contributed by atoms with van der Waals surface area (Å²) >= 11 is 0. The molecule has 4 N–H and O–H groups in total. The van der Waals surface area contributed by atoms with Crippen molar-refractivity contribution < 1.29 is 19.4 Å². The van der Waals surface area contributed by atoms with Crippen LogP contribution in [0.1, 0.15) is 48.5 Å². The molecule has 174 valence electrons. The van der Waals surface area contributed by atoms with E-state index in [2.05, 4.69) is 27.8 Å². The Morgan fingerprint density at radius 1 is 1.15 bits per heavy atom. The van der Waals surface area contributed by atoms with Crippen molar-refractivity contribution in [2.75, 3.05) is 13.7 Å². The first-order chi connectivity index (χ1) is 15.9. The van der Waals surface area contributed by atoms with Gasteiger partial charge >= 0.3 is 0 Å². The molecule has 3 aromatic rings. The third kappa shape index (κ3) is 4.88. The number of nitrogens with one attached hydrogen (secondary N) is 3. The van der Waals surface area contributed by atoms with Gasteiger partial charge in [-0.3, -0.25) is 9.59 Å². The number of methoxy groups -OCH3 is 1. The van der Waals surface area contributed by atoms with Gasteiger partial charge in [-0.25, -0.2) is 0 Å². The molecule has 1 aliphatic rings. The molecule has 7 nitrogen and oxygen atoms in total. The zero-order valence-electron chi connectivity index (χ0n) is 19.1. The monoisotopic (exact) mass is 449 g/mol. The van der Waals surface area contributed by atoms with Crippen molar-refractivity contribution in [3.05, 3.63) is 65.9 Å². The molecule has 4 rings (SSSR count). The minimum atomic E-state index is -0.615. The number of hydrogen-bond acceptors (Lipinski definition) is 4. The molecule has 1 fully saturated rings. The number of amides is 2. The van der Waals surface area contributed by atoms with Crippen LogP contribution in [0, 0.1) is 0 Å². The molecule has 0 radical (unpaired) electrons. The Morgan fingerprint density at radius 3 is 2.64 bits per heavy atom. The number of carbonyl (C=O) groups excluding carboxylic acids is 2. The number of aliphatic hydroxyl groups is 1. The lowest BCUT2D eigenvalue weighted by Crippen LogP contribution is -2.42. The Hall–Kier alpha value is -3.32. The summed E-state index contributed by atoms with van der Waals surface area (Å²) in [6.45, 7) is 1.91. The second-order valence-electron chi connectivity index (χ2n) is 8.89. The van der Waals surface area contributed by atoms with Gasteiger partial charge in [0, 0.05) is 36.0 Å². The van der Waals surface area contributed by atoms with Crippen LogP contribution in [0.15, 0.2) is 54.7 Å². The summed E-state index contributed by atoms with van der Waals surface area (Å²) in [6.07, 6.45) is 3.72. The van der Waals surface area contributed by atoms with Crippen molar-refractivity contribution in [2.24, 2.45) is 0 Å². The molecule has 0 bridgehead atoms. The molecule has 1 aliphatic carbocycles.